The van der Waals surface area contributed by atoms with Gasteiger partial charge in [-0.15, -0.1) is 24.0 Å². The van der Waals surface area contributed by atoms with Gasteiger partial charge in [-0.1, -0.05) is 0 Å². The fourth-order valence-corrected chi connectivity index (χ4v) is 4.63. The number of methoxy groups -OCH3 is 1. The third-order valence-corrected chi connectivity index (χ3v) is 7.25. The van der Waals surface area contributed by atoms with E-state index in [0.717, 1.165) is 32.1 Å². The second-order valence-corrected chi connectivity index (χ2v) is 10.1. The van der Waals surface area contributed by atoms with E-state index in [1.807, 2.05) is 13.8 Å². The van der Waals surface area contributed by atoms with Crippen LogP contribution in [0.15, 0.2) is 4.99 Å². The second-order valence-electron chi connectivity index (χ2n) is 8.03. The number of hydrogen-bond donors (Lipinski definition) is 1. The fraction of sp³-hybridized carbons (Fsp3) is 0.947. The highest BCUT2D eigenvalue weighted by Gasteiger charge is 2.42. The van der Waals surface area contributed by atoms with E-state index in [0.29, 0.717) is 31.6 Å². The van der Waals surface area contributed by atoms with E-state index in [2.05, 4.69) is 17.1 Å². The second kappa shape index (κ2) is 12.6. The predicted octanol–water partition coefficient (Wildman–Crippen LogP) is 1.76. The van der Waals surface area contributed by atoms with Gasteiger partial charge in [0.2, 0.25) is 10.0 Å². The minimum atomic E-state index is -3.27. The van der Waals surface area contributed by atoms with Gasteiger partial charge in [0.1, 0.15) is 0 Å². The third-order valence-electron chi connectivity index (χ3n) is 5.42. The lowest BCUT2D eigenvalue weighted by Gasteiger charge is -2.36. The summed E-state index contributed by atoms with van der Waals surface area (Å²) in [6.45, 7) is 10.8. The van der Waals surface area contributed by atoms with Crippen LogP contribution in [-0.2, 0) is 19.5 Å². The lowest BCUT2D eigenvalue weighted by Crippen LogP contribution is -2.54. The Hall–Kier alpha value is -0.170. The number of guanidine groups is 1. The smallest absolute Gasteiger partial charge is 0.216 e. The molecule has 0 bridgehead atoms. The third kappa shape index (κ3) is 8.84. The molecule has 172 valence electrons. The Morgan fingerprint density at radius 3 is 2.34 bits per heavy atom. The van der Waals surface area contributed by atoms with Crippen molar-refractivity contribution in [1.82, 2.24) is 14.5 Å². The van der Waals surface area contributed by atoms with Crippen LogP contribution < -0.4 is 5.32 Å². The van der Waals surface area contributed by atoms with Gasteiger partial charge in [-0.25, -0.2) is 8.42 Å². The molecule has 0 radical (unpaired) electrons. The van der Waals surface area contributed by atoms with Gasteiger partial charge in [0, 0.05) is 53.0 Å². The summed E-state index contributed by atoms with van der Waals surface area (Å²) in [5.74, 6) is 0.938. The van der Waals surface area contributed by atoms with Crippen LogP contribution in [0.2, 0.25) is 0 Å². The van der Waals surface area contributed by atoms with Crippen molar-refractivity contribution in [3.63, 3.8) is 0 Å². The van der Waals surface area contributed by atoms with Crippen LogP contribution in [0, 0.1) is 5.41 Å². The highest BCUT2D eigenvalue weighted by molar-refractivity contribution is 14.0. The molecule has 0 amide bonds. The molecule has 0 atom stereocenters. The van der Waals surface area contributed by atoms with Gasteiger partial charge < -0.3 is 19.7 Å². The summed E-state index contributed by atoms with van der Waals surface area (Å²) in [6, 6.07) is 0. The van der Waals surface area contributed by atoms with Crippen molar-refractivity contribution in [2.24, 2.45) is 10.4 Å². The van der Waals surface area contributed by atoms with Gasteiger partial charge in [0.25, 0.3) is 0 Å². The number of nitrogens with zero attached hydrogens (tertiary/aromatic N) is 3. The van der Waals surface area contributed by atoms with Crippen molar-refractivity contribution in [1.29, 1.82) is 0 Å². The van der Waals surface area contributed by atoms with Gasteiger partial charge in [-0.3, -0.25) is 4.99 Å². The minimum Gasteiger partial charge on any atom is -0.385 e. The molecule has 1 N–H and O–H groups in total. The first-order chi connectivity index (χ1) is 13.3. The Labute approximate surface area is 193 Å². The first kappa shape index (κ1) is 26.9. The molecule has 1 saturated carbocycles. The fourth-order valence-electron chi connectivity index (χ4n) is 3.35. The van der Waals surface area contributed by atoms with Crippen molar-refractivity contribution < 1.29 is 17.9 Å². The van der Waals surface area contributed by atoms with Crippen LogP contribution in [-0.4, -0.2) is 95.0 Å². The number of rotatable bonds is 11. The molecule has 1 saturated heterocycles. The molecule has 0 aromatic rings. The van der Waals surface area contributed by atoms with Gasteiger partial charge in [-0.2, -0.15) is 4.31 Å². The van der Waals surface area contributed by atoms with Crippen LogP contribution in [0.5, 0.6) is 0 Å². The monoisotopic (exact) mass is 546 g/mol. The average molecular weight is 547 g/mol. The largest absolute Gasteiger partial charge is 0.385 e. The normalized spacial score (nSPS) is 19.9. The molecule has 0 aromatic heterocycles. The quantitative estimate of drug-likeness (QED) is 0.242. The van der Waals surface area contributed by atoms with Crippen molar-refractivity contribution in [2.45, 2.75) is 46.1 Å². The Morgan fingerprint density at radius 1 is 1.17 bits per heavy atom. The molecule has 1 heterocycles. The van der Waals surface area contributed by atoms with Gasteiger partial charge in [-0.05, 0) is 45.4 Å². The molecule has 2 rings (SSSR count). The summed E-state index contributed by atoms with van der Waals surface area (Å²) in [6.07, 6.45) is 3.52. The number of nitrogens with one attached hydrogen (secondary N) is 1. The summed E-state index contributed by atoms with van der Waals surface area (Å²) < 4.78 is 37.2. The van der Waals surface area contributed by atoms with Gasteiger partial charge >= 0.3 is 0 Å². The molecule has 0 aromatic carbocycles. The van der Waals surface area contributed by atoms with E-state index in [-0.39, 0.29) is 42.4 Å². The molecule has 2 aliphatic rings. The first-order valence-electron chi connectivity index (χ1n) is 10.4. The number of sulfonamides is 1. The molecule has 10 heteroatoms. The topological polar surface area (TPSA) is 83.5 Å². The van der Waals surface area contributed by atoms with Crippen molar-refractivity contribution in [2.75, 3.05) is 65.3 Å². The molecule has 0 spiro atoms. The zero-order valence-electron chi connectivity index (χ0n) is 18.4. The van der Waals surface area contributed by atoms with Crippen LogP contribution in [0.25, 0.3) is 0 Å². The summed E-state index contributed by atoms with van der Waals surface area (Å²) >= 11 is 0. The summed E-state index contributed by atoms with van der Waals surface area (Å²) in [5, 5.41) is 3.37. The highest BCUT2D eigenvalue weighted by Crippen LogP contribution is 2.49. The number of ether oxygens (including phenoxy) is 2. The summed E-state index contributed by atoms with van der Waals surface area (Å²) in [4.78, 5) is 7.04. The maximum atomic E-state index is 12.5. The molecule has 29 heavy (non-hydrogen) atoms. The van der Waals surface area contributed by atoms with Crippen LogP contribution in [0.4, 0.5) is 0 Å². The molecule has 0 unspecified atom stereocenters. The Morgan fingerprint density at radius 2 is 1.83 bits per heavy atom. The molecule has 1 aliphatic carbocycles. The van der Waals surface area contributed by atoms with Crippen molar-refractivity contribution in [3.8, 4) is 0 Å². The Balaban J connectivity index is 0.00000420. The molecular weight excluding hydrogens is 507 g/mol. The van der Waals surface area contributed by atoms with Crippen molar-refractivity contribution >= 4 is 40.0 Å². The summed E-state index contributed by atoms with van der Waals surface area (Å²) in [5.41, 5.74) is 0.304. The van der Waals surface area contributed by atoms with E-state index in [4.69, 9.17) is 14.5 Å². The SMILES string of the molecule is CCNC(=NCC1(CCOC)CC1)N1CCN(S(=O)(=O)CCOC(C)C)CC1.I. The molecular formula is C19H39IN4O4S. The zero-order valence-corrected chi connectivity index (χ0v) is 21.5. The number of piperazine rings is 1. The van der Waals surface area contributed by atoms with Gasteiger partial charge in [0.05, 0.1) is 18.5 Å². The molecule has 2 fully saturated rings. The van der Waals surface area contributed by atoms with E-state index >= 15 is 0 Å². The highest BCUT2D eigenvalue weighted by atomic mass is 127. The predicted molar refractivity (Wildman–Crippen MR) is 128 cm³/mol. The number of halogens is 1. The average Bonchev–Trinajstić information content (AvgIpc) is 3.43. The Bertz CT molecular complexity index is 603. The van der Waals surface area contributed by atoms with E-state index in [9.17, 15) is 8.42 Å². The van der Waals surface area contributed by atoms with E-state index < -0.39 is 10.0 Å². The van der Waals surface area contributed by atoms with E-state index in [1.54, 1.807) is 11.4 Å². The lowest BCUT2D eigenvalue weighted by molar-refractivity contribution is 0.0904. The van der Waals surface area contributed by atoms with E-state index in [1.165, 1.54) is 12.8 Å². The molecule has 8 nitrogen and oxygen atoms in total. The number of hydrogen-bond acceptors (Lipinski definition) is 5. The summed E-state index contributed by atoms with van der Waals surface area (Å²) in [7, 11) is -1.53. The van der Waals surface area contributed by atoms with Gasteiger partial charge in [0.15, 0.2) is 5.96 Å². The lowest BCUT2D eigenvalue weighted by atomic mass is 10.0. The zero-order chi connectivity index (χ0) is 20.6. The molecule has 1 aliphatic heterocycles. The maximum absolute atomic E-state index is 12.5. The van der Waals surface area contributed by atoms with Crippen molar-refractivity contribution in [3.05, 3.63) is 0 Å². The standard InChI is InChI=1S/C19H38N4O4S.HI/c1-5-20-18(21-16-19(6-7-19)8-13-26-4)22-9-11-23(12-10-22)28(24,25)15-14-27-17(2)3;/h17H,5-16H2,1-4H3,(H,20,21);1H. The van der Waals surface area contributed by atoms with Crippen LogP contribution in [0.1, 0.15) is 40.0 Å². The van der Waals surface area contributed by atoms with Crippen LogP contribution >= 0.6 is 24.0 Å². The maximum Gasteiger partial charge on any atom is 0.216 e. The number of aliphatic imine (C=N–C) groups is 1. The Kier molecular flexibility index (Phi) is 11.7. The minimum absolute atomic E-state index is 0. The first-order valence-corrected chi connectivity index (χ1v) is 12.0. The van der Waals surface area contributed by atoms with Crippen LogP contribution in [0.3, 0.4) is 0 Å².